The van der Waals surface area contributed by atoms with E-state index < -0.39 is 0 Å². The van der Waals surface area contributed by atoms with Gasteiger partial charge in [-0.3, -0.25) is 4.79 Å². The molecule has 17 heavy (non-hydrogen) atoms. The molecular formula is C13H14ClNOS. The molecule has 2 nitrogen and oxygen atoms in total. The van der Waals surface area contributed by atoms with Gasteiger partial charge in [0.25, 0.3) is 0 Å². The number of carbonyl (C=O) groups is 1. The number of ketones is 1. The van der Waals surface area contributed by atoms with E-state index >= 15 is 0 Å². The van der Waals surface area contributed by atoms with Gasteiger partial charge in [-0.15, -0.1) is 11.8 Å². The Hall–Kier alpha value is -0.930. The lowest BCUT2D eigenvalue weighted by molar-refractivity contribution is -0.115. The van der Waals surface area contributed by atoms with E-state index in [9.17, 15) is 4.79 Å². The second-order valence-corrected chi connectivity index (χ2v) is 5.41. The number of benzene rings is 1. The van der Waals surface area contributed by atoms with E-state index in [1.54, 1.807) is 23.9 Å². The summed E-state index contributed by atoms with van der Waals surface area (Å²) >= 11 is 7.50. The van der Waals surface area contributed by atoms with E-state index in [0.717, 1.165) is 23.3 Å². The molecule has 0 heterocycles. The van der Waals surface area contributed by atoms with Crippen LogP contribution in [0.25, 0.3) is 5.70 Å². The first kappa shape index (κ1) is 12.5. The van der Waals surface area contributed by atoms with Gasteiger partial charge < -0.3 is 5.73 Å². The summed E-state index contributed by atoms with van der Waals surface area (Å²) in [6.45, 7) is 0. The van der Waals surface area contributed by atoms with Crippen LogP contribution < -0.4 is 5.73 Å². The lowest BCUT2D eigenvalue weighted by Gasteiger charge is -2.08. The zero-order valence-corrected chi connectivity index (χ0v) is 11.1. The summed E-state index contributed by atoms with van der Waals surface area (Å²) in [6, 6.07) is 5.52. The molecule has 1 saturated carbocycles. The minimum absolute atomic E-state index is 0.143. The monoisotopic (exact) mass is 267 g/mol. The maximum atomic E-state index is 11.7. The van der Waals surface area contributed by atoms with Gasteiger partial charge in [-0.2, -0.15) is 0 Å². The highest BCUT2D eigenvalue weighted by molar-refractivity contribution is 7.98. The average Bonchev–Trinajstić information content (AvgIpc) is 3.12. The second-order valence-electron chi connectivity index (χ2n) is 4.12. The van der Waals surface area contributed by atoms with Gasteiger partial charge >= 0.3 is 0 Å². The molecule has 0 spiro atoms. The quantitative estimate of drug-likeness (QED) is 0.672. The highest BCUT2D eigenvalue weighted by Crippen LogP contribution is 2.32. The maximum Gasteiger partial charge on any atom is 0.160 e. The fourth-order valence-electron chi connectivity index (χ4n) is 1.62. The van der Waals surface area contributed by atoms with Gasteiger partial charge in [0, 0.05) is 33.2 Å². The van der Waals surface area contributed by atoms with Crippen LogP contribution in [-0.2, 0) is 4.79 Å². The molecule has 0 radical (unpaired) electrons. The van der Waals surface area contributed by atoms with E-state index in [4.69, 9.17) is 17.3 Å². The van der Waals surface area contributed by atoms with Crippen molar-refractivity contribution in [3.8, 4) is 0 Å². The molecule has 0 amide bonds. The van der Waals surface area contributed by atoms with Crippen molar-refractivity contribution in [2.45, 2.75) is 17.7 Å². The van der Waals surface area contributed by atoms with Gasteiger partial charge in [0.2, 0.25) is 0 Å². The summed E-state index contributed by atoms with van der Waals surface area (Å²) in [5.74, 6) is 0.350. The summed E-state index contributed by atoms with van der Waals surface area (Å²) < 4.78 is 0. The van der Waals surface area contributed by atoms with E-state index in [0.29, 0.717) is 10.7 Å². The number of nitrogens with two attached hydrogens (primary N) is 1. The van der Waals surface area contributed by atoms with Crippen LogP contribution in [0.1, 0.15) is 18.4 Å². The van der Waals surface area contributed by atoms with Crippen LogP contribution in [0.15, 0.2) is 29.2 Å². The molecule has 0 unspecified atom stereocenters. The molecule has 2 N–H and O–H groups in total. The summed E-state index contributed by atoms with van der Waals surface area (Å²) in [4.78, 5) is 12.7. The number of halogens is 1. The highest BCUT2D eigenvalue weighted by atomic mass is 35.5. The zero-order valence-electron chi connectivity index (χ0n) is 9.57. The zero-order chi connectivity index (χ0) is 12.4. The Labute approximate surface area is 110 Å². The van der Waals surface area contributed by atoms with Gasteiger partial charge in [-0.1, -0.05) is 17.7 Å². The summed E-state index contributed by atoms with van der Waals surface area (Å²) in [6.07, 6.45) is 5.52. The van der Waals surface area contributed by atoms with Crippen molar-refractivity contribution in [1.29, 1.82) is 0 Å². The number of thioether (sulfide) groups is 1. The first-order chi connectivity index (χ1) is 8.11. The standard InChI is InChI=1S/C13H14ClNOS/c1-17-13-6-9(14)4-5-10(13)11(15)7-12(16)8-2-3-8/h4-8H,2-3,15H2,1H3/b11-7-. The Balaban J connectivity index is 2.28. The van der Waals surface area contributed by atoms with Crippen LogP contribution >= 0.6 is 23.4 Å². The Morgan fingerprint density at radius 1 is 1.53 bits per heavy atom. The lowest BCUT2D eigenvalue weighted by atomic mass is 10.1. The largest absolute Gasteiger partial charge is 0.398 e. The van der Waals surface area contributed by atoms with E-state index in [2.05, 4.69) is 0 Å². The van der Waals surface area contributed by atoms with Crippen LogP contribution in [0.2, 0.25) is 5.02 Å². The number of hydrogen-bond donors (Lipinski definition) is 1. The fraction of sp³-hybridized carbons (Fsp3) is 0.308. The van der Waals surface area contributed by atoms with Gasteiger partial charge in [0.05, 0.1) is 0 Å². The van der Waals surface area contributed by atoms with Crippen molar-refractivity contribution in [2.24, 2.45) is 11.7 Å². The summed E-state index contributed by atoms with van der Waals surface area (Å²) in [5.41, 5.74) is 7.39. The Bertz CT molecular complexity index is 480. The Morgan fingerprint density at radius 3 is 2.82 bits per heavy atom. The smallest absolute Gasteiger partial charge is 0.160 e. The molecule has 1 aromatic carbocycles. The van der Waals surface area contributed by atoms with Crippen molar-refractivity contribution in [2.75, 3.05) is 6.26 Å². The highest BCUT2D eigenvalue weighted by Gasteiger charge is 2.28. The minimum atomic E-state index is 0.143. The van der Waals surface area contributed by atoms with Crippen molar-refractivity contribution < 1.29 is 4.79 Å². The molecule has 1 aromatic rings. The van der Waals surface area contributed by atoms with E-state index in [1.165, 1.54) is 0 Å². The second kappa shape index (κ2) is 5.15. The lowest BCUT2D eigenvalue weighted by Crippen LogP contribution is -2.04. The van der Waals surface area contributed by atoms with Gasteiger partial charge in [-0.25, -0.2) is 0 Å². The molecule has 4 heteroatoms. The molecule has 2 rings (SSSR count). The molecule has 0 aliphatic heterocycles. The molecule has 90 valence electrons. The summed E-state index contributed by atoms with van der Waals surface area (Å²) in [7, 11) is 0. The molecule has 1 aliphatic rings. The van der Waals surface area contributed by atoms with Crippen LogP contribution in [0.4, 0.5) is 0 Å². The van der Waals surface area contributed by atoms with E-state index in [1.807, 2.05) is 18.4 Å². The number of hydrogen-bond acceptors (Lipinski definition) is 3. The Morgan fingerprint density at radius 2 is 2.24 bits per heavy atom. The van der Waals surface area contributed by atoms with Gasteiger partial charge in [0.15, 0.2) is 5.78 Å². The molecule has 0 atom stereocenters. The predicted octanol–water partition coefficient (Wildman–Crippen LogP) is 3.34. The normalized spacial score (nSPS) is 16.0. The van der Waals surface area contributed by atoms with Crippen LogP contribution in [0, 0.1) is 5.92 Å². The molecule has 0 aromatic heterocycles. The Kier molecular flexibility index (Phi) is 3.79. The van der Waals surface area contributed by atoms with Crippen LogP contribution in [0.3, 0.4) is 0 Å². The average molecular weight is 268 g/mol. The number of rotatable bonds is 4. The van der Waals surface area contributed by atoms with Crippen molar-refractivity contribution in [3.63, 3.8) is 0 Å². The minimum Gasteiger partial charge on any atom is -0.398 e. The fourth-order valence-corrected chi connectivity index (χ4v) is 2.51. The van der Waals surface area contributed by atoms with Gasteiger partial charge in [0.1, 0.15) is 0 Å². The number of allylic oxidation sites excluding steroid dienone is 1. The first-order valence-corrected chi connectivity index (χ1v) is 7.07. The van der Waals surface area contributed by atoms with Crippen molar-refractivity contribution >= 4 is 34.8 Å². The van der Waals surface area contributed by atoms with E-state index in [-0.39, 0.29) is 11.7 Å². The number of carbonyl (C=O) groups excluding carboxylic acids is 1. The maximum absolute atomic E-state index is 11.7. The molecule has 0 bridgehead atoms. The van der Waals surface area contributed by atoms with Crippen LogP contribution in [-0.4, -0.2) is 12.0 Å². The van der Waals surface area contributed by atoms with Crippen molar-refractivity contribution in [3.05, 3.63) is 34.9 Å². The van der Waals surface area contributed by atoms with Crippen molar-refractivity contribution in [1.82, 2.24) is 0 Å². The molecule has 0 saturated heterocycles. The molecule has 1 fully saturated rings. The van der Waals surface area contributed by atoms with Crippen LogP contribution in [0.5, 0.6) is 0 Å². The molecule has 1 aliphatic carbocycles. The predicted molar refractivity (Wildman–Crippen MR) is 73.1 cm³/mol. The summed E-state index contributed by atoms with van der Waals surface area (Å²) in [5, 5.41) is 0.680. The topological polar surface area (TPSA) is 43.1 Å². The third kappa shape index (κ3) is 3.05. The molecular weight excluding hydrogens is 254 g/mol. The third-order valence-electron chi connectivity index (χ3n) is 2.75. The van der Waals surface area contributed by atoms with Gasteiger partial charge in [-0.05, 0) is 31.2 Å². The SMILES string of the molecule is CSc1cc(Cl)ccc1/C(N)=C/C(=O)C1CC1. The third-order valence-corrected chi connectivity index (χ3v) is 3.76. The first-order valence-electron chi connectivity index (χ1n) is 5.46.